The smallest absolute Gasteiger partial charge is 0.137 e. The van der Waals surface area contributed by atoms with Gasteiger partial charge < -0.3 is 14.5 Å². The first-order chi connectivity index (χ1) is 11.5. The van der Waals surface area contributed by atoms with Crippen LogP contribution in [-0.2, 0) is 0 Å². The Bertz CT molecular complexity index is 669. The molecule has 3 heteroatoms. The van der Waals surface area contributed by atoms with Crippen LogP contribution >= 0.6 is 0 Å². The Hall–Kier alpha value is -1.84. The summed E-state index contributed by atoms with van der Waals surface area (Å²) >= 11 is 0. The van der Waals surface area contributed by atoms with Gasteiger partial charge in [-0.2, -0.15) is 0 Å². The summed E-state index contributed by atoms with van der Waals surface area (Å²) in [5.74, 6) is 0.977. The van der Waals surface area contributed by atoms with Gasteiger partial charge in [0.05, 0.1) is 25.7 Å². The van der Waals surface area contributed by atoms with E-state index in [1.165, 1.54) is 11.1 Å². The van der Waals surface area contributed by atoms with Gasteiger partial charge >= 0.3 is 0 Å². The quantitative estimate of drug-likeness (QED) is 0.849. The van der Waals surface area contributed by atoms with E-state index < -0.39 is 0 Å². The van der Waals surface area contributed by atoms with Crippen molar-refractivity contribution in [1.82, 2.24) is 5.32 Å². The molecule has 1 aliphatic heterocycles. The third-order valence-electron chi connectivity index (χ3n) is 4.89. The molecule has 0 radical (unpaired) electrons. The fourth-order valence-corrected chi connectivity index (χ4v) is 3.77. The Balaban J connectivity index is 1.66. The van der Waals surface area contributed by atoms with Crippen LogP contribution in [0, 0.1) is 0 Å². The van der Waals surface area contributed by atoms with Gasteiger partial charge in [0.15, 0.2) is 0 Å². The molecule has 2 aromatic carbocycles. The number of nitrogens with one attached hydrogen (secondary N) is 1. The third kappa shape index (κ3) is 4.16. The summed E-state index contributed by atoms with van der Waals surface area (Å²) in [5.41, 5.74) is 2.58. The predicted octanol–water partition coefficient (Wildman–Crippen LogP) is 3.56. The van der Waals surface area contributed by atoms with Crippen LogP contribution in [0.25, 0.3) is 11.1 Å². The molecule has 0 aliphatic carbocycles. The van der Waals surface area contributed by atoms with Crippen LogP contribution in [0.3, 0.4) is 0 Å². The van der Waals surface area contributed by atoms with Crippen LogP contribution in [0.15, 0.2) is 54.6 Å². The van der Waals surface area contributed by atoms with E-state index in [1.54, 1.807) is 0 Å². The summed E-state index contributed by atoms with van der Waals surface area (Å²) in [4.78, 5) is 0. The Morgan fingerprint density at radius 1 is 1.04 bits per heavy atom. The summed E-state index contributed by atoms with van der Waals surface area (Å²) in [6, 6.07) is 18.8. The number of quaternary nitrogens is 1. The second kappa shape index (κ2) is 6.96. The minimum atomic E-state index is 0.203. The van der Waals surface area contributed by atoms with E-state index in [9.17, 15) is 0 Å². The van der Waals surface area contributed by atoms with Crippen LogP contribution in [0.5, 0.6) is 5.75 Å². The Kier molecular flexibility index (Phi) is 4.93. The van der Waals surface area contributed by atoms with E-state index in [0.29, 0.717) is 0 Å². The van der Waals surface area contributed by atoms with Crippen LogP contribution in [0.4, 0.5) is 0 Å². The van der Waals surface area contributed by atoms with Crippen molar-refractivity contribution in [2.45, 2.75) is 19.4 Å². The number of likely N-dealkylation sites (N-methyl/N-ethyl adjacent to an activating group) is 1. The summed E-state index contributed by atoms with van der Waals surface area (Å²) < 4.78 is 7.25. The third-order valence-corrected chi connectivity index (χ3v) is 4.89. The van der Waals surface area contributed by atoms with E-state index in [1.807, 2.05) is 12.1 Å². The van der Waals surface area contributed by atoms with Gasteiger partial charge in [0, 0.05) is 12.1 Å². The SMILES string of the molecule is CC1(C)C[N+](C)(CCOc2ccccc2-c2ccccc2)CCN1. The van der Waals surface area contributed by atoms with E-state index in [0.717, 1.165) is 43.0 Å². The van der Waals surface area contributed by atoms with Crippen LogP contribution in [0.1, 0.15) is 13.8 Å². The van der Waals surface area contributed by atoms with Gasteiger partial charge in [-0.25, -0.2) is 0 Å². The number of nitrogens with zero attached hydrogens (tertiary/aromatic N) is 1. The minimum absolute atomic E-state index is 0.203. The standard InChI is InChI=1S/C21H29N2O/c1-21(2)17-23(3,14-13-22-21)15-16-24-20-12-8-7-11-19(20)18-9-5-4-6-10-18/h4-12,22H,13-17H2,1-3H3/q+1. The lowest BCUT2D eigenvalue weighted by Crippen LogP contribution is -2.65. The molecule has 128 valence electrons. The number of benzene rings is 2. The highest BCUT2D eigenvalue weighted by molar-refractivity contribution is 5.70. The van der Waals surface area contributed by atoms with Gasteiger partial charge in [-0.1, -0.05) is 48.5 Å². The highest BCUT2D eigenvalue weighted by Gasteiger charge is 2.35. The lowest BCUT2D eigenvalue weighted by Gasteiger charge is -2.45. The maximum Gasteiger partial charge on any atom is 0.137 e. The van der Waals surface area contributed by atoms with Crippen molar-refractivity contribution in [3.8, 4) is 16.9 Å². The van der Waals surface area contributed by atoms with Crippen molar-refractivity contribution < 1.29 is 9.22 Å². The van der Waals surface area contributed by atoms with Crippen LogP contribution in [0.2, 0.25) is 0 Å². The fourth-order valence-electron chi connectivity index (χ4n) is 3.77. The molecular weight excluding hydrogens is 296 g/mol. The van der Waals surface area contributed by atoms with Crippen LogP contribution in [-0.4, -0.2) is 49.9 Å². The molecule has 0 amide bonds. The molecule has 24 heavy (non-hydrogen) atoms. The zero-order valence-corrected chi connectivity index (χ0v) is 15.1. The zero-order valence-electron chi connectivity index (χ0n) is 15.1. The number of piperazine rings is 1. The molecule has 1 N–H and O–H groups in total. The number of hydrogen-bond donors (Lipinski definition) is 1. The van der Waals surface area contributed by atoms with E-state index in [2.05, 4.69) is 68.7 Å². The van der Waals surface area contributed by atoms with E-state index in [-0.39, 0.29) is 5.54 Å². The largest absolute Gasteiger partial charge is 0.487 e. The lowest BCUT2D eigenvalue weighted by molar-refractivity contribution is -0.916. The maximum absolute atomic E-state index is 6.19. The van der Waals surface area contributed by atoms with Crippen molar-refractivity contribution in [2.75, 3.05) is 39.8 Å². The first kappa shape index (κ1) is 17.0. The van der Waals surface area contributed by atoms with Gasteiger partial charge in [0.1, 0.15) is 18.9 Å². The van der Waals surface area contributed by atoms with E-state index in [4.69, 9.17) is 4.74 Å². The lowest BCUT2D eigenvalue weighted by atomic mass is 10.0. The van der Waals surface area contributed by atoms with Crippen molar-refractivity contribution >= 4 is 0 Å². The molecule has 1 fully saturated rings. The Morgan fingerprint density at radius 3 is 2.50 bits per heavy atom. The van der Waals surface area contributed by atoms with Gasteiger partial charge in [-0.3, -0.25) is 0 Å². The zero-order chi connectivity index (χ0) is 17.0. The molecule has 1 aliphatic rings. The Labute approximate surface area is 145 Å². The monoisotopic (exact) mass is 325 g/mol. The minimum Gasteiger partial charge on any atom is -0.487 e. The average Bonchev–Trinajstić information content (AvgIpc) is 2.55. The molecule has 1 atom stereocenters. The van der Waals surface area contributed by atoms with E-state index >= 15 is 0 Å². The highest BCUT2D eigenvalue weighted by atomic mass is 16.5. The Morgan fingerprint density at radius 2 is 1.75 bits per heavy atom. The molecule has 1 heterocycles. The summed E-state index contributed by atoms with van der Waals surface area (Å²) in [6.07, 6.45) is 0. The fraction of sp³-hybridized carbons (Fsp3) is 0.429. The number of ether oxygens (including phenoxy) is 1. The van der Waals surface area contributed by atoms with Gasteiger partial charge in [-0.05, 0) is 25.5 Å². The van der Waals surface area contributed by atoms with Crippen molar-refractivity contribution in [3.05, 3.63) is 54.6 Å². The van der Waals surface area contributed by atoms with Gasteiger partial charge in [0.2, 0.25) is 0 Å². The maximum atomic E-state index is 6.19. The highest BCUT2D eigenvalue weighted by Crippen LogP contribution is 2.29. The molecule has 0 bridgehead atoms. The molecule has 0 saturated carbocycles. The molecular formula is C21H29N2O+. The number of para-hydroxylation sites is 1. The van der Waals surface area contributed by atoms with Crippen LogP contribution < -0.4 is 10.1 Å². The molecule has 0 aromatic heterocycles. The number of rotatable bonds is 5. The molecule has 2 aromatic rings. The second-order valence-corrected chi connectivity index (χ2v) is 7.75. The number of hydrogen-bond acceptors (Lipinski definition) is 2. The summed E-state index contributed by atoms with van der Waals surface area (Å²) in [6.45, 7) is 9.72. The average molecular weight is 325 g/mol. The molecule has 1 saturated heterocycles. The normalized spacial score (nSPS) is 23.0. The first-order valence-corrected chi connectivity index (χ1v) is 8.83. The van der Waals surface area contributed by atoms with Gasteiger partial charge in [0.25, 0.3) is 0 Å². The van der Waals surface area contributed by atoms with Crippen molar-refractivity contribution in [3.63, 3.8) is 0 Å². The molecule has 0 spiro atoms. The van der Waals surface area contributed by atoms with Crippen molar-refractivity contribution in [2.24, 2.45) is 0 Å². The molecule has 1 unspecified atom stereocenters. The topological polar surface area (TPSA) is 21.3 Å². The predicted molar refractivity (Wildman–Crippen MR) is 100 cm³/mol. The van der Waals surface area contributed by atoms with Crippen molar-refractivity contribution in [1.29, 1.82) is 0 Å². The second-order valence-electron chi connectivity index (χ2n) is 7.75. The summed E-state index contributed by atoms with van der Waals surface area (Å²) in [7, 11) is 2.34. The van der Waals surface area contributed by atoms with Gasteiger partial charge in [-0.15, -0.1) is 0 Å². The molecule has 3 nitrogen and oxygen atoms in total. The molecule has 3 rings (SSSR count). The summed E-state index contributed by atoms with van der Waals surface area (Å²) in [5, 5.41) is 3.60. The first-order valence-electron chi connectivity index (χ1n) is 8.83.